The molecule has 0 unspecified atom stereocenters. The Morgan fingerprint density at radius 1 is 1.50 bits per heavy atom. The highest BCUT2D eigenvalue weighted by Gasteiger charge is 2.27. The summed E-state index contributed by atoms with van der Waals surface area (Å²) in [6.07, 6.45) is 5.25. The van der Waals surface area contributed by atoms with E-state index in [1.165, 1.54) is 11.3 Å². The standard InChI is InChI=1S/C14H21NO2S/c1-3-7-17-14(16)12-10-6-5-9(4-2)8-11(10)18-13(12)15/h9H,3-8,15H2,1-2H3/t9-/m0/s1. The van der Waals surface area contributed by atoms with Crippen LogP contribution >= 0.6 is 11.3 Å². The number of hydrogen-bond acceptors (Lipinski definition) is 4. The van der Waals surface area contributed by atoms with Crippen molar-refractivity contribution in [3.63, 3.8) is 0 Å². The first kappa shape index (κ1) is 13.4. The number of thiophene rings is 1. The van der Waals surface area contributed by atoms with E-state index >= 15 is 0 Å². The molecule has 2 N–H and O–H groups in total. The highest BCUT2D eigenvalue weighted by atomic mass is 32.1. The number of fused-ring (bicyclic) bond motifs is 1. The molecule has 0 aromatic carbocycles. The molecule has 0 aliphatic heterocycles. The van der Waals surface area contributed by atoms with Gasteiger partial charge in [0.1, 0.15) is 5.00 Å². The molecule has 1 atom stereocenters. The summed E-state index contributed by atoms with van der Waals surface area (Å²) in [5, 5.41) is 0.637. The lowest BCUT2D eigenvalue weighted by molar-refractivity contribution is 0.0505. The summed E-state index contributed by atoms with van der Waals surface area (Å²) in [5.74, 6) is 0.511. The number of carbonyl (C=O) groups excluding carboxylic acids is 1. The molecule has 0 bridgehead atoms. The summed E-state index contributed by atoms with van der Waals surface area (Å²) in [5.41, 5.74) is 7.81. The number of nitrogen functional groups attached to an aromatic ring is 1. The zero-order valence-corrected chi connectivity index (χ0v) is 11.9. The van der Waals surface area contributed by atoms with Gasteiger partial charge in [-0.1, -0.05) is 20.3 Å². The fourth-order valence-corrected chi connectivity index (χ4v) is 3.74. The molecule has 100 valence electrons. The Balaban J connectivity index is 2.22. The fraction of sp³-hybridized carbons (Fsp3) is 0.643. The molecule has 1 aromatic heterocycles. The van der Waals surface area contributed by atoms with E-state index in [2.05, 4.69) is 6.92 Å². The summed E-state index contributed by atoms with van der Waals surface area (Å²) < 4.78 is 5.22. The Bertz CT molecular complexity index is 439. The minimum absolute atomic E-state index is 0.234. The number of anilines is 1. The molecule has 0 saturated heterocycles. The van der Waals surface area contributed by atoms with Crippen LogP contribution in [0.2, 0.25) is 0 Å². The minimum Gasteiger partial charge on any atom is -0.462 e. The Morgan fingerprint density at radius 3 is 2.94 bits per heavy atom. The first-order chi connectivity index (χ1) is 8.67. The SMILES string of the molecule is CCCOC(=O)c1c(N)sc2c1CC[C@H](CC)C2. The Morgan fingerprint density at radius 2 is 2.28 bits per heavy atom. The van der Waals surface area contributed by atoms with Gasteiger partial charge in [0.15, 0.2) is 0 Å². The topological polar surface area (TPSA) is 52.3 Å². The van der Waals surface area contributed by atoms with E-state index in [4.69, 9.17) is 10.5 Å². The van der Waals surface area contributed by atoms with Gasteiger partial charge in [-0.2, -0.15) is 0 Å². The van der Waals surface area contributed by atoms with Crippen LogP contribution < -0.4 is 5.73 Å². The highest BCUT2D eigenvalue weighted by Crippen LogP contribution is 2.39. The van der Waals surface area contributed by atoms with Crippen LogP contribution in [0.4, 0.5) is 5.00 Å². The van der Waals surface area contributed by atoms with Crippen molar-refractivity contribution in [1.29, 1.82) is 0 Å². The van der Waals surface area contributed by atoms with Crippen LogP contribution in [-0.4, -0.2) is 12.6 Å². The van der Waals surface area contributed by atoms with Crippen molar-refractivity contribution in [2.75, 3.05) is 12.3 Å². The predicted molar refractivity (Wildman–Crippen MR) is 75.1 cm³/mol. The summed E-state index contributed by atoms with van der Waals surface area (Å²) in [4.78, 5) is 13.3. The Hall–Kier alpha value is -1.03. The van der Waals surface area contributed by atoms with Crippen molar-refractivity contribution in [3.05, 3.63) is 16.0 Å². The van der Waals surface area contributed by atoms with Crippen LogP contribution in [0.1, 0.15) is 53.9 Å². The van der Waals surface area contributed by atoms with Gasteiger partial charge in [-0.15, -0.1) is 11.3 Å². The van der Waals surface area contributed by atoms with Crippen molar-refractivity contribution < 1.29 is 9.53 Å². The van der Waals surface area contributed by atoms with E-state index in [-0.39, 0.29) is 5.97 Å². The molecule has 0 amide bonds. The van der Waals surface area contributed by atoms with Crippen LogP contribution in [0.3, 0.4) is 0 Å². The van der Waals surface area contributed by atoms with Gasteiger partial charge in [0.2, 0.25) is 0 Å². The molecular formula is C14H21NO2S. The van der Waals surface area contributed by atoms with E-state index < -0.39 is 0 Å². The predicted octanol–water partition coefficient (Wildman–Crippen LogP) is 3.41. The molecule has 0 fully saturated rings. The number of ether oxygens (including phenoxy) is 1. The maximum Gasteiger partial charge on any atom is 0.341 e. The van der Waals surface area contributed by atoms with Crippen LogP contribution in [-0.2, 0) is 17.6 Å². The lowest BCUT2D eigenvalue weighted by atomic mass is 9.86. The minimum atomic E-state index is -0.234. The van der Waals surface area contributed by atoms with Gasteiger partial charge in [0.25, 0.3) is 0 Å². The van der Waals surface area contributed by atoms with E-state index in [0.717, 1.165) is 37.2 Å². The summed E-state index contributed by atoms with van der Waals surface area (Å²) >= 11 is 1.57. The maximum absolute atomic E-state index is 12.0. The van der Waals surface area contributed by atoms with Crippen molar-refractivity contribution in [2.24, 2.45) is 5.92 Å². The number of rotatable bonds is 4. The molecule has 2 rings (SSSR count). The van der Waals surface area contributed by atoms with Crippen LogP contribution in [0.25, 0.3) is 0 Å². The summed E-state index contributed by atoms with van der Waals surface area (Å²) in [7, 11) is 0. The van der Waals surface area contributed by atoms with Crippen LogP contribution in [0.15, 0.2) is 0 Å². The van der Waals surface area contributed by atoms with Crippen molar-refractivity contribution in [1.82, 2.24) is 0 Å². The third-order valence-electron chi connectivity index (χ3n) is 3.61. The zero-order chi connectivity index (χ0) is 13.1. The third kappa shape index (κ3) is 2.53. The van der Waals surface area contributed by atoms with Gasteiger partial charge in [0, 0.05) is 4.88 Å². The number of esters is 1. The zero-order valence-electron chi connectivity index (χ0n) is 11.1. The molecular weight excluding hydrogens is 246 g/mol. The van der Waals surface area contributed by atoms with Gasteiger partial charge < -0.3 is 10.5 Å². The second-order valence-corrected chi connectivity index (χ2v) is 6.03. The average Bonchev–Trinajstić information content (AvgIpc) is 2.70. The molecule has 1 aliphatic rings. The molecule has 1 aromatic rings. The third-order valence-corrected chi connectivity index (χ3v) is 4.70. The molecule has 0 spiro atoms. The second kappa shape index (κ2) is 5.74. The van der Waals surface area contributed by atoms with Crippen molar-refractivity contribution in [2.45, 2.75) is 46.0 Å². The molecule has 0 saturated carbocycles. The molecule has 18 heavy (non-hydrogen) atoms. The number of hydrogen-bond donors (Lipinski definition) is 1. The Kier molecular flexibility index (Phi) is 4.27. The lowest BCUT2D eigenvalue weighted by Crippen LogP contribution is -2.15. The molecule has 4 heteroatoms. The monoisotopic (exact) mass is 267 g/mol. The van der Waals surface area contributed by atoms with Gasteiger partial charge in [-0.3, -0.25) is 0 Å². The lowest BCUT2D eigenvalue weighted by Gasteiger charge is -2.20. The van der Waals surface area contributed by atoms with Crippen molar-refractivity contribution in [3.8, 4) is 0 Å². The molecule has 3 nitrogen and oxygen atoms in total. The van der Waals surface area contributed by atoms with Crippen molar-refractivity contribution >= 4 is 22.3 Å². The van der Waals surface area contributed by atoms with Gasteiger partial charge in [-0.25, -0.2) is 4.79 Å². The van der Waals surface area contributed by atoms with Crippen LogP contribution in [0, 0.1) is 5.92 Å². The fourth-order valence-electron chi connectivity index (χ4n) is 2.51. The van der Waals surface area contributed by atoms with E-state index in [1.54, 1.807) is 11.3 Å². The number of nitrogens with two attached hydrogens (primary N) is 1. The molecule has 0 radical (unpaired) electrons. The average molecular weight is 267 g/mol. The Labute approximate surface area is 112 Å². The summed E-state index contributed by atoms with van der Waals surface area (Å²) in [6, 6.07) is 0. The highest BCUT2D eigenvalue weighted by molar-refractivity contribution is 7.16. The smallest absolute Gasteiger partial charge is 0.341 e. The van der Waals surface area contributed by atoms with Gasteiger partial charge >= 0.3 is 5.97 Å². The normalized spacial score (nSPS) is 18.4. The molecule has 1 heterocycles. The van der Waals surface area contributed by atoms with Gasteiger partial charge in [0.05, 0.1) is 12.2 Å². The molecule has 1 aliphatic carbocycles. The first-order valence-electron chi connectivity index (χ1n) is 6.74. The second-order valence-electron chi connectivity index (χ2n) is 4.90. The largest absolute Gasteiger partial charge is 0.462 e. The number of carbonyl (C=O) groups is 1. The van der Waals surface area contributed by atoms with Gasteiger partial charge in [-0.05, 0) is 37.2 Å². The quantitative estimate of drug-likeness (QED) is 0.850. The van der Waals surface area contributed by atoms with E-state index in [1.807, 2.05) is 6.92 Å². The van der Waals surface area contributed by atoms with E-state index in [9.17, 15) is 4.79 Å². The maximum atomic E-state index is 12.0. The van der Waals surface area contributed by atoms with Crippen LogP contribution in [0.5, 0.6) is 0 Å². The first-order valence-corrected chi connectivity index (χ1v) is 7.56. The van der Waals surface area contributed by atoms with E-state index in [0.29, 0.717) is 17.2 Å². The summed E-state index contributed by atoms with van der Waals surface area (Å²) in [6.45, 7) is 4.69.